The lowest BCUT2D eigenvalue weighted by atomic mass is 10.0. The fourth-order valence-corrected chi connectivity index (χ4v) is 3.17. The smallest absolute Gasteiger partial charge is 0.414 e. The van der Waals surface area contributed by atoms with Crippen LogP contribution in [0.5, 0.6) is 11.5 Å². The first kappa shape index (κ1) is 23.7. The van der Waals surface area contributed by atoms with Gasteiger partial charge in [-0.3, -0.25) is 0 Å². The number of carbonyl (C=O) groups is 2. The first-order chi connectivity index (χ1) is 14.8. The predicted octanol–water partition coefficient (Wildman–Crippen LogP) is 4.08. The first-order valence-electron chi connectivity index (χ1n) is 9.70. The highest BCUT2D eigenvalue weighted by Gasteiger charge is 2.15. The van der Waals surface area contributed by atoms with E-state index in [4.69, 9.17) is 29.3 Å². The number of rotatable bonds is 7. The number of hydrogen-bond donors (Lipinski definition) is 2. The van der Waals surface area contributed by atoms with E-state index >= 15 is 0 Å². The van der Waals surface area contributed by atoms with Gasteiger partial charge in [-0.25, -0.2) is 9.59 Å². The maximum atomic E-state index is 9.10. The molecule has 0 saturated heterocycles. The van der Waals surface area contributed by atoms with Crippen molar-refractivity contribution in [1.29, 1.82) is 0 Å². The SMILES string of the molecule is COc1cccc(C(CCOc2cccc3ccccc23)N(C)C)c1.O=C(O)C(=O)O. The lowest BCUT2D eigenvalue weighted by Crippen LogP contribution is -2.22. The molecule has 0 aromatic heterocycles. The van der Waals surface area contributed by atoms with E-state index in [2.05, 4.69) is 55.4 Å². The zero-order chi connectivity index (χ0) is 22.8. The summed E-state index contributed by atoms with van der Waals surface area (Å²) >= 11 is 0. The van der Waals surface area contributed by atoms with E-state index in [1.165, 1.54) is 10.9 Å². The van der Waals surface area contributed by atoms with Crippen molar-refractivity contribution < 1.29 is 29.3 Å². The molecule has 164 valence electrons. The standard InChI is InChI=1S/C22H25NO2.C2H2O4/c1-23(2)21(18-10-6-11-19(16-18)24-3)14-15-25-22-13-7-9-17-8-4-5-12-20(17)22;3-1(4)2(5)6/h4-13,16,21H,14-15H2,1-3H3;(H,3,4)(H,5,6). The number of carboxylic acid groups (broad SMARTS) is 2. The maximum absolute atomic E-state index is 9.10. The van der Waals surface area contributed by atoms with Crippen LogP contribution < -0.4 is 9.47 Å². The van der Waals surface area contributed by atoms with Gasteiger partial charge in [0.15, 0.2) is 0 Å². The number of benzene rings is 3. The summed E-state index contributed by atoms with van der Waals surface area (Å²) in [6.07, 6.45) is 0.906. The molecule has 3 rings (SSSR count). The first-order valence-corrected chi connectivity index (χ1v) is 9.70. The molecule has 0 spiro atoms. The Bertz CT molecular complexity index is 1000. The molecule has 2 N–H and O–H groups in total. The van der Waals surface area contributed by atoms with Crippen LogP contribution in [0.15, 0.2) is 66.7 Å². The number of ether oxygens (including phenoxy) is 2. The molecule has 7 heteroatoms. The summed E-state index contributed by atoms with van der Waals surface area (Å²) in [7, 11) is 5.90. The quantitative estimate of drug-likeness (QED) is 0.551. The lowest BCUT2D eigenvalue weighted by molar-refractivity contribution is -0.159. The minimum Gasteiger partial charge on any atom is -0.497 e. The van der Waals surface area contributed by atoms with Crippen molar-refractivity contribution in [2.75, 3.05) is 27.8 Å². The molecule has 0 amide bonds. The third-order valence-corrected chi connectivity index (χ3v) is 4.68. The Kier molecular flexibility index (Phi) is 8.84. The monoisotopic (exact) mass is 425 g/mol. The minimum absolute atomic E-state index is 0.282. The van der Waals surface area contributed by atoms with Gasteiger partial charge in [0.1, 0.15) is 11.5 Å². The van der Waals surface area contributed by atoms with Crippen LogP contribution in [0.4, 0.5) is 0 Å². The number of carboxylic acids is 2. The number of aliphatic carboxylic acids is 2. The normalized spacial score (nSPS) is 11.4. The summed E-state index contributed by atoms with van der Waals surface area (Å²) in [6, 6.07) is 23.1. The molecule has 1 unspecified atom stereocenters. The molecule has 0 fully saturated rings. The van der Waals surface area contributed by atoms with E-state index in [0.29, 0.717) is 6.61 Å². The Morgan fingerprint density at radius 3 is 2.23 bits per heavy atom. The van der Waals surface area contributed by atoms with Crippen molar-refractivity contribution in [1.82, 2.24) is 4.90 Å². The molecule has 0 aliphatic carbocycles. The zero-order valence-corrected chi connectivity index (χ0v) is 17.8. The third-order valence-electron chi connectivity index (χ3n) is 4.68. The average Bonchev–Trinajstić information content (AvgIpc) is 2.77. The molecule has 0 aliphatic rings. The molecule has 3 aromatic carbocycles. The number of hydrogen-bond acceptors (Lipinski definition) is 5. The Morgan fingerprint density at radius 2 is 1.58 bits per heavy atom. The zero-order valence-electron chi connectivity index (χ0n) is 17.8. The molecule has 3 aromatic rings. The lowest BCUT2D eigenvalue weighted by Gasteiger charge is -2.25. The summed E-state index contributed by atoms with van der Waals surface area (Å²) < 4.78 is 11.5. The Morgan fingerprint density at radius 1 is 0.935 bits per heavy atom. The second-order valence-electron chi connectivity index (χ2n) is 6.98. The predicted molar refractivity (Wildman–Crippen MR) is 119 cm³/mol. The van der Waals surface area contributed by atoms with Crippen LogP contribution in [0.25, 0.3) is 10.8 Å². The van der Waals surface area contributed by atoms with Crippen molar-refractivity contribution in [3.05, 3.63) is 72.3 Å². The van der Waals surface area contributed by atoms with Crippen LogP contribution in [0.2, 0.25) is 0 Å². The fourth-order valence-electron chi connectivity index (χ4n) is 3.17. The van der Waals surface area contributed by atoms with Crippen LogP contribution in [0, 0.1) is 0 Å². The third kappa shape index (κ3) is 7.01. The number of fused-ring (bicyclic) bond motifs is 1. The summed E-state index contributed by atoms with van der Waals surface area (Å²) in [5, 5.41) is 17.1. The number of methoxy groups -OCH3 is 1. The van der Waals surface area contributed by atoms with Crippen molar-refractivity contribution in [2.24, 2.45) is 0 Å². The van der Waals surface area contributed by atoms with Gasteiger partial charge >= 0.3 is 11.9 Å². The van der Waals surface area contributed by atoms with Gasteiger partial charge in [-0.1, -0.05) is 48.5 Å². The van der Waals surface area contributed by atoms with E-state index in [9.17, 15) is 0 Å². The van der Waals surface area contributed by atoms with Gasteiger partial charge in [0, 0.05) is 17.8 Å². The Labute approximate surface area is 181 Å². The van der Waals surface area contributed by atoms with Gasteiger partial charge in [0.05, 0.1) is 13.7 Å². The van der Waals surface area contributed by atoms with Gasteiger partial charge in [-0.2, -0.15) is 0 Å². The van der Waals surface area contributed by atoms with Gasteiger partial charge in [-0.05, 0) is 43.2 Å². The molecular weight excluding hydrogens is 398 g/mol. The van der Waals surface area contributed by atoms with Crippen molar-refractivity contribution in [3.63, 3.8) is 0 Å². The van der Waals surface area contributed by atoms with Crippen LogP contribution in [-0.2, 0) is 9.59 Å². The summed E-state index contributed by atoms with van der Waals surface area (Å²) in [6.45, 7) is 0.661. The summed E-state index contributed by atoms with van der Waals surface area (Å²) in [5.41, 5.74) is 1.24. The van der Waals surface area contributed by atoms with Crippen LogP contribution in [0.1, 0.15) is 18.0 Å². The van der Waals surface area contributed by atoms with Crippen LogP contribution >= 0.6 is 0 Å². The largest absolute Gasteiger partial charge is 0.497 e. The fraction of sp³-hybridized carbons (Fsp3) is 0.250. The van der Waals surface area contributed by atoms with Gasteiger partial charge in [0.2, 0.25) is 0 Å². The topological polar surface area (TPSA) is 96.3 Å². The van der Waals surface area contributed by atoms with E-state index in [1.54, 1.807) is 7.11 Å². The second kappa shape index (κ2) is 11.6. The van der Waals surface area contributed by atoms with E-state index < -0.39 is 11.9 Å². The van der Waals surface area contributed by atoms with Gasteiger partial charge in [0.25, 0.3) is 0 Å². The maximum Gasteiger partial charge on any atom is 0.414 e. The molecule has 1 atom stereocenters. The molecular formula is C24H27NO6. The highest BCUT2D eigenvalue weighted by Crippen LogP contribution is 2.28. The van der Waals surface area contributed by atoms with Crippen molar-refractivity contribution >= 4 is 22.7 Å². The van der Waals surface area contributed by atoms with Crippen molar-refractivity contribution in [3.8, 4) is 11.5 Å². The molecule has 0 saturated carbocycles. The molecule has 0 aliphatic heterocycles. The molecule has 7 nitrogen and oxygen atoms in total. The molecule has 0 radical (unpaired) electrons. The highest BCUT2D eigenvalue weighted by molar-refractivity contribution is 6.27. The van der Waals surface area contributed by atoms with Crippen LogP contribution in [0.3, 0.4) is 0 Å². The summed E-state index contributed by atoms with van der Waals surface area (Å²) in [5.74, 6) is -1.81. The van der Waals surface area contributed by atoms with Crippen molar-refractivity contribution in [2.45, 2.75) is 12.5 Å². The second-order valence-corrected chi connectivity index (χ2v) is 6.98. The highest BCUT2D eigenvalue weighted by atomic mass is 16.5. The van der Waals surface area contributed by atoms with E-state index in [0.717, 1.165) is 23.3 Å². The molecule has 0 heterocycles. The average molecular weight is 425 g/mol. The summed E-state index contributed by atoms with van der Waals surface area (Å²) in [4.78, 5) is 20.4. The van der Waals surface area contributed by atoms with E-state index in [1.807, 2.05) is 30.3 Å². The number of nitrogens with zero attached hydrogens (tertiary/aromatic N) is 1. The van der Waals surface area contributed by atoms with E-state index in [-0.39, 0.29) is 6.04 Å². The minimum atomic E-state index is -1.82. The molecule has 31 heavy (non-hydrogen) atoms. The van der Waals surface area contributed by atoms with Gasteiger partial charge in [-0.15, -0.1) is 0 Å². The Hall–Kier alpha value is -3.58. The molecule has 0 bridgehead atoms. The van der Waals surface area contributed by atoms with Crippen LogP contribution in [-0.4, -0.2) is 54.9 Å². The Balaban J connectivity index is 0.000000501. The van der Waals surface area contributed by atoms with Gasteiger partial charge < -0.3 is 24.6 Å².